The highest BCUT2D eigenvalue weighted by Crippen LogP contribution is 2.16. The molecule has 0 aromatic carbocycles. The van der Waals surface area contributed by atoms with Gasteiger partial charge >= 0.3 is 0 Å². The quantitative estimate of drug-likeness (QED) is 0.772. The van der Waals surface area contributed by atoms with Crippen molar-refractivity contribution >= 4 is 5.91 Å². The standard InChI is InChI=1S/C10H16N4O2/c1-6(8-3-4-16-5-8)11-10(15)9-12-7(2)13-14-9/h6,8H,3-5H2,1-2H3,(H,11,15)(H,12,13,14). The molecular weight excluding hydrogens is 208 g/mol. The lowest BCUT2D eigenvalue weighted by Gasteiger charge is -2.17. The van der Waals surface area contributed by atoms with Gasteiger partial charge in [-0.1, -0.05) is 0 Å². The molecule has 2 unspecified atom stereocenters. The number of nitrogens with one attached hydrogen (secondary N) is 2. The van der Waals surface area contributed by atoms with E-state index in [1.165, 1.54) is 0 Å². The lowest BCUT2D eigenvalue weighted by atomic mass is 10.0. The summed E-state index contributed by atoms with van der Waals surface area (Å²) >= 11 is 0. The highest BCUT2D eigenvalue weighted by Gasteiger charge is 2.24. The van der Waals surface area contributed by atoms with E-state index in [1.807, 2.05) is 6.92 Å². The van der Waals surface area contributed by atoms with Crippen molar-refractivity contribution in [1.29, 1.82) is 0 Å². The Morgan fingerprint density at radius 2 is 2.50 bits per heavy atom. The van der Waals surface area contributed by atoms with Crippen molar-refractivity contribution in [3.8, 4) is 0 Å². The molecule has 0 aliphatic carbocycles. The molecule has 88 valence electrons. The smallest absolute Gasteiger partial charge is 0.291 e. The van der Waals surface area contributed by atoms with Crippen LogP contribution in [0.4, 0.5) is 0 Å². The monoisotopic (exact) mass is 224 g/mol. The lowest BCUT2D eigenvalue weighted by molar-refractivity contribution is 0.0912. The number of carbonyl (C=O) groups is 1. The molecular formula is C10H16N4O2. The first-order valence-electron chi connectivity index (χ1n) is 5.44. The van der Waals surface area contributed by atoms with Gasteiger partial charge in [-0.2, -0.15) is 0 Å². The molecule has 1 aromatic heterocycles. The number of hydrogen-bond donors (Lipinski definition) is 2. The highest BCUT2D eigenvalue weighted by molar-refractivity contribution is 5.90. The predicted octanol–water partition coefficient (Wildman–Crippen LogP) is 0.268. The number of nitrogens with zero attached hydrogens (tertiary/aromatic N) is 2. The summed E-state index contributed by atoms with van der Waals surface area (Å²) in [5.41, 5.74) is 0. The Labute approximate surface area is 93.8 Å². The number of carbonyl (C=O) groups excluding carboxylic acids is 1. The summed E-state index contributed by atoms with van der Waals surface area (Å²) in [5, 5.41) is 9.35. The van der Waals surface area contributed by atoms with Crippen LogP contribution in [0, 0.1) is 12.8 Å². The first-order chi connectivity index (χ1) is 7.66. The van der Waals surface area contributed by atoms with Crippen molar-refractivity contribution < 1.29 is 9.53 Å². The number of amides is 1. The zero-order valence-electron chi connectivity index (χ0n) is 9.49. The minimum atomic E-state index is -0.233. The van der Waals surface area contributed by atoms with Crippen LogP contribution in [0.15, 0.2) is 0 Å². The summed E-state index contributed by atoms with van der Waals surface area (Å²) in [4.78, 5) is 15.7. The van der Waals surface area contributed by atoms with E-state index in [4.69, 9.17) is 4.74 Å². The number of ether oxygens (including phenoxy) is 1. The van der Waals surface area contributed by atoms with Gasteiger partial charge in [0.2, 0.25) is 5.82 Å². The van der Waals surface area contributed by atoms with Crippen molar-refractivity contribution in [3.63, 3.8) is 0 Å². The summed E-state index contributed by atoms with van der Waals surface area (Å²) in [6.07, 6.45) is 0.995. The minimum absolute atomic E-state index is 0.0915. The van der Waals surface area contributed by atoms with Crippen LogP contribution in [0.1, 0.15) is 29.8 Å². The Morgan fingerprint density at radius 3 is 3.06 bits per heavy atom. The van der Waals surface area contributed by atoms with Gasteiger partial charge in [-0.25, -0.2) is 4.98 Å². The van der Waals surface area contributed by atoms with Crippen molar-refractivity contribution in [1.82, 2.24) is 20.5 Å². The van der Waals surface area contributed by atoms with Crippen LogP contribution in [0.2, 0.25) is 0 Å². The first-order valence-corrected chi connectivity index (χ1v) is 5.44. The number of aromatic amines is 1. The van der Waals surface area contributed by atoms with Gasteiger partial charge in [0.15, 0.2) is 0 Å². The molecule has 0 radical (unpaired) electrons. The molecule has 1 saturated heterocycles. The summed E-state index contributed by atoms with van der Waals surface area (Å²) in [7, 11) is 0. The average Bonchev–Trinajstić information content (AvgIpc) is 2.87. The van der Waals surface area contributed by atoms with E-state index in [0.717, 1.165) is 13.0 Å². The molecule has 0 bridgehead atoms. The van der Waals surface area contributed by atoms with Gasteiger partial charge in [-0.05, 0) is 20.3 Å². The van der Waals surface area contributed by atoms with Gasteiger partial charge in [0.05, 0.1) is 6.61 Å². The van der Waals surface area contributed by atoms with E-state index < -0.39 is 0 Å². The molecule has 1 aliphatic rings. The van der Waals surface area contributed by atoms with Gasteiger partial charge in [-0.3, -0.25) is 9.89 Å². The fourth-order valence-corrected chi connectivity index (χ4v) is 1.78. The zero-order valence-corrected chi connectivity index (χ0v) is 9.49. The van der Waals surface area contributed by atoms with E-state index >= 15 is 0 Å². The average molecular weight is 224 g/mol. The fourth-order valence-electron chi connectivity index (χ4n) is 1.78. The Balaban J connectivity index is 1.91. The molecule has 1 fully saturated rings. The topological polar surface area (TPSA) is 79.9 Å². The van der Waals surface area contributed by atoms with E-state index in [9.17, 15) is 4.79 Å². The second kappa shape index (κ2) is 4.61. The van der Waals surface area contributed by atoms with Crippen molar-refractivity contribution in [3.05, 3.63) is 11.6 Å². The SMILES string of the molecule is Cc1nc(C(=O)NC(C)C2CCOC2)n[nH]1. The van der Waals surface area contributed by atoms with Crippen molar-refractivity contribution in [2.24, 2.45) is 5.92 Å². The van der Waals surface area contributed by atoms with E-state index in [1.54, 1.807) is 6.92 Å². The molecule has 2 atom stereocenters. The van der Waals surface area contributed by atoms with E-state index in [2.05, 4.69) is 20.5 Å². The third-order valence-electron chi connectivity index (χ3n) is 2.83. The predicted molar refractivity (Wildman–Crippen MR) is 57.0 cm³/mol. The van der Waals surface area contributed by atoms with Crippen LogP contribution in [-0.2, 0) is 4.74 Å². The molecule has 2 rings (SSSR count). The van der Waals surface area contributed by atoms with Gasteiger partial charge in [0.1, 0.15) is 5.82 Å². The largest absolute Gasteiger partial charge is 0.381 e. The second-order valence-corrected chi connectivity index (χ2v) is 4.13. The lowest BCUT2D eigenvalue weighted by Crippen LogP contribution is -2.38. The molecule has 16 heavy (non-hydrogen) atoms. The van der Waals surface area contributed by atoms with Gasteiger partial charge in [0.25, 0.3) is 5.91 Å². The summed E-state index contributed by atoms with van der Waals surface area (Å²) < 4.78 is 5.28. The maximum Gasteiger partial charge on any atom is 0.291 e. The third-order valence-corrected chi connectivity index (χ3v) is 2.83. The maximum absolute atomic E-state index is 11.7. The van der Waals surface area contributed by atoms with Crippen molar-refractivity contribution in [2.45, 2.75) is 26.3 Å². The highest BCUT2D eigenvalue weighted by atomic mass is 16.5. The van der Waals surface area contributed by atoms with Crippen LogP contribution in [0.5, 0.6) is 0 Å². The second-order valence-electron chi connectivity index (χ2n) is 4.13. The van der Waals surface area contributed by atoms with Gasteiger partial charge in [0, 0.05) is 18.6 Å². The Morgan fingerprint density at radius 1 is 1.69 bits per heavy atom. The minimum Gasteiger partial charge on any atom is -0.381 e. The summed E-state index contributed by atoms with van der Waals surface area (Å²) in [5.74, 6) is 0.998. The fraction of sp³-hybridized carbons (Fsp3) is 0.700. The summed E-state index contributed by atoms with van der Waals surface area (Å²) in [6, 6.07) is 0.0915. The normalized spacial score (nSPS) is 22.0. The van der Waals surface area contributed by atoms with Crippen LogP contribution < -0.4 is 5.32 Å². The van der Waals surface area contributed by atoms with E-state index in [-0.39, 0.29) is 17.8 Å². The molecule has 1 amide bonds. The molecule has 2 heterocycles. The molecule has 6 nitrogen and oxygen atoms in total. The number of aromatic nitrogens is 3. The molecule has 6 heteroatoms. The Hall–Kier alpha value is -1.43. The van der Waals surface area contributed by atoms with E-state index in [0.29, 0.717) is 18.3 Å². The molecule has 2 N–H and O–H groups in total. The van der Waals surface area contributed by atoms with Crippen LogP contribution in [-0.4, -0.2) is 40.3 Å². The van der Waals surface area contributed by atoms with Crippen LogP contribution in [0.25, 0.3) is 0 Å². The molecule has 0 spiro atoms. The Bertz CT molecular complexity index is 371. The number of aryl methyl sites for hydroxylation is 1. The molecule has 1 aliphatic heterocycles. The maximum atomic E-state index is 11.7. The zero-order chi connectivity index (χ0) is 11.5. The van der Waals surface area contributed by atoms with Gasteiger partial charge < -0.3 is 10.1 Å². The van der Waals surface area contributed by atoms with Crippen LogP contribution in [0.3, 0.4) is 0 Å². The number of hydrogen-bond acceptors (Lipinski definition) is 4. The van der Waals surface area contributed by atoms with Crippen LogP contribution >= 0.6 is 0 Å². The third kappa shape index (κ3) is 2.38. The molecule has 0 saturated carbocycles. The Kier molecular flexibility index (Phi) is 3.19. The molecule has 1 aromatic rings. The van der Waals surface area contributed by atoms with Gasteiger partial charge in [-0.15, -0.1) is 5.10 Å². The first kappa shape index (κ1) is 11.1. The number of H-pyrrole nitrogens is 1. The van der Waals surface area contributed by atoms with Crippen molar-refractivity contribution in [2.75, 3.05) is 13.2 Å². The summed E-state index contributed by atoms with van der Waals surface area (Å²) in [6.45, 7) is 5.24. The number of rotatable bonds is 3.